The number of halogens is 3. The molecule has 7 heteroatoms. The molecule has 1 heterocycles. The summed E-state index contributed by atoms with van der Waals surface area (Å²) in [5.74, 6) is 0.260. The van der Waals surface area contributed by atoms with E-state index in [1.165, 1.54) is 18.6 Å². The van der Waals surface area contributed by atoms with Crippen LogP contribution in [0.15, 0.2) is 18.3 Å². The standard InChI is InChI=1S/C12H15F3N2OS/c1-19-11(5-2-6-11)8-17-10-4-3-9(7-16-10)18-12(13,14)15/h3-4,7H,2,5-6,8H2,1H3,(H,16,17). The van der Waals surface area contributed by atoms with Crippen LogP contribution in [-0.4, -0.2) is 28.9 Å². The number of hydrogen-bond donors (Lipinski definition) is 1. The molecule has 0 aromatic carbocycles. The van der Waals surface area contributed by atoms with Crippen LogP contribution >= 0.6 is 11.8 Å². The van der Waals surface area contributed by atoms with E-state index in [2.05, 4.69) is 21.3 Å². The van der Waals surface area contributed by atoms with Gasteiger partial charge in [0, 0.05) is 11.3 Å². The summed E-state index contributed by atoms with van der Waals surface area (Å²) >= 11 is 1.83. The molecule has 0 radical (unpaired) electrons. The Kier molecular flexibility index (Phi) is 4.13. The predicted octanol–water partition coefficient (Wildman–Crippen LogP) is 3.68. The lowest BCUT2D eigenvalue weighted by Gasteiger charge is -2.40. The van der Waals surface area contributed by atoms with Crippen molar-refractivity contribution in [2.75, 3.05) is 18.1 Å². The molecular formula is C12H15F3N2OS. The van der Waals surface area contributed by atoms with Gasteiger partial charge in [0.2, 0.25) is 0 Å². The molecule has 1 N–H and O–H groups in total. The molecule has 0 spiro atoms. The van der Waals surface area contributed by atoms with E-state index in [0.717, 1.165) is 25.6 Å². The SMILES string of the molecule is CSC1(CNc2ccc(OC(F)(F)F)cn2)CCC1. The van der Waals surface area contributed by atoms with E-state index in [0.29, 0.717) is 5.82 Å². The van der Waals surface area contributed by atoms with Crippen molar-refractivity contribution >= 4 is 17.6 Å². The monoisotopic (exact) mass is 292 g/mol. The van der Waals surface area contributed by atoms with E-state index >= 15 is 0 Å². The van der Waals surface area contributed by atoms with Gasteiger partial charge in [-0.1, -0.05) is 6.42 Å². The number of ether oxygens (including phenoxy) is 1. The lowest BCUT2D eigenvalue weighted by molar-refractivity contribution is -0.274. The Hall–Kier alpha value is -1.11. The van der Waals surface area contributed by atoms with Crippen LogP contribution in [-0.2, 0) is 0 Å². The van der Waals surface area contributed by atoms with Crippen LogP contribution in [0.1, 0.15) is 19.3 Å². The van der Waals surface area contributed by atoms with Crippen molar-refractivity contribution in [2.24, 2.45) is 0 Å². The first-order valence-electron chi connectivity index (χ1n) is 5.93. The van der Waals surface area contributed by atoms with Crippen LogP contribution in [0.3, 0.4) is 0 Å². The number of rotatable bonds is 5. The molecule has 1 aliphatic carbocycles. The highest BCUT2D eigenvalue weighted by molar-refractivity contribution is 8.00. The van der Waals surface area contributed by atoms with Crippen molar-refractivity contribution in [3.05, 3.63) is 18.3 Å². The maximum absolute atomic E-state index is 12.0. The first-order chi connectivity index (χ1) is 8.92. The van der Waals surface area contributed by atoms with Crippen LogP contribution in [0.5, 0.6) is 5.75 Å². The minimum atomic E-state index is -4.68. The summed E-state index contributed by atoms with van der Waals surface area (Å²) in [5.41, 5.74) is 0. The van der Waals surface area contributed by atoms with Gasteiger partial charge in [0.15, 0.2) is 0 Å². The smallest absolute Gasteiger partial charge is 0.404 e. The summed E-state index contributed by atoms with van der Waals surface area (Å²) in [6.45, 7) is 0.778. The summed E-state index contributed by atoms with van der Waals surface area (Å²) in [4.78, 5) is 3.91. The first kappa shape index (κ1) is 14.3. The Morgan fingerprint density at radius 1 is 1.42 bits per heavy atom. The topological polar surface area (TPSA) is 34.1 Å². The fourth-order valence-electron chi connectivity index (χ4n) is 1.95. The van der Waals surface area contributed by atoms with Gasteiger partial charge in [-0.25, -0.2) is 4.98 Å². The first-order valence-corrected chi connectivity index (χ1v) is 7.16. The number of nitrogens with zero attached hydrogens (tertiary/aromatic N) is 1. The summed E-state index contributed by atoms with van der Waals surface area (Å²) in [7, 11) is 0. The molecule has 106 valence electrons. The number of pyridine rings is 1. The molecule has 1 aliphatic rings. The molecule has 1 aromatic heterocycles. The Labute approximate surface area is 113 Å². The number of thioether (sulfide) groups is 1. The molecule has 0 aliphatic heterocycles. The van der Waals surface area contributed by atoms with Crippen molar-refractivity contribution in [1.82, 2.24) is 4.98 Å². The highest BCUT2D eigenvalue weighted by atomic mass is 32.2. The van der Waals surface area contributed by atoms with Gasteiger partial charge < -0.3 is 10.1 Å². The molecule has 19 heavy (non-hydrogen) atoms. The van der Waals surface area contributed by atoms with Crippen molar-refractivity contribution in [1.29, 1.82) is 0 Å². The van der Waals surface area contributed by atoms with Crippen LogP contribution in [0.4, 0.5) is 19.0 Å². The zero-order valence-corrected chi connectivity index (χ0v) is 11.3. The molecule has 3 nitrogen and oxygen atoms in total. The highest BCUT2D eigenvalue weighted by Gasteiger charge is 2.36. The number of hydrogen-bond acceptors (Lipinski definition) is 4. The van der Waals surface area contributed by atoms with Crippen LogP contribution in [0.2, 0.25) is 0 Å². The van der Waals surface area contributed by atoms with Gasteiger partial charge in [0.05, 0.1) is 6.20 Å². The molecule has 2 rings (SSSR count). The van der Waals surface area contributed by atoms with Gasteiger partial charge in [-0.15, -0.1) is 13.2 Å². The maximum atomic E-state index is 12.0. The molecule has 1 aromatic rings. The van der Waals surface area contributed by atoms with Crippen LogP contribution < -0.4 is 10.1 Å². The normalized spacial score (nSPS) is 17.7. The van der Waals surface area contributed by atoms with Crippen molar-refractivity contribution < 1.29 is 17.9 Å². The zero-order chi connectivity index (χ0) is 13.9. The zero-order valence-electron chi connectivity index (χ0n) is 10.5. The second-order valence-corrected chi connectivity index (χ2v) is 5.80. The van der Waals surface area contributed by atoms with E-state index in [-0.39, 0.29) is 10.5 Å². The molecule has 1 fully saturated rings. The van der Waals surface area contributed by atoms with E-state index < -0.39 is 6.36 Å². The Morgan fingerprint density at radius 2 is 2.16 bits per heavy atom. The van der Waals surface area contributed by atoms with E-state index in [1.54, 1.807) is 0 Å². The predicted molar refractivity (Wildman–Crippen MR) is 69.5 cm³/mol. The quantitative estimate of drug-likeness (QED) is 0.897. The fraction of sp³-hybridized carbons (Fsp3) is 0.583. The van der Waals surface area contributed by atoms with Gasteiger partial charge in [-0.05, 0) is 31.2 Å². The molecule has 1 saturated carbocycles. The third-order valence-corrected chi connectivity index (χ3v) is 4.68. The molecule has 0 amide bonds. The summed E-state index contributed by atoms with van der Waals surface area (Å²) in [5, 5.41) is 3.16. The summed E-state index contributed by atoms with van der Waals surface area (Å²) in [6, 6.07) is 2.75. The minimum absolute atomic E-state index is 0.253. The van der Waals surface area contributed by atoms with Crippen LogP contribution in [0.25, 0.3) is 0 Å². The highest BCUT2D eigenvalue weighted by Crippen LogP contribution is 2.42. The number of aromatic nitrogens is 1. The van der Waals surface area contributed by atoms with Gasteiger partial charge in [0.1, 0.15) is 11.6 Å². The third kappa shape index (κ3) is 3.92. The number of anilines is 1. The minimum Gasteiger partial charge on any atom is -0.404 e. The molecular weight excluding hydrogens is 277 g/mol. The fourth-order valence-corrected chi connectivity index (χ4v) is 2.87. The average molecular weight is 292 g/mol. The Morgan fingerprint density at radius 3 is 2.58 bits per heavy atom. The Bertz CT molecular complexity index is 412. The molecule has 0 bridgehead atoms. The van der Waals surface area contributed by atoms with E-state index in [4.69, 9.17) is 0 Å². The van der Waals surface area contributed by atoms with Gasteiger partial charge in [-0.3, -0.25) is 0 Å². The van der Waals surface area contributed by atoms with Gasteiger partial charge >= 0.3 is 6.36 Å². The molecule has 0 saturated heterocycles. The van der Waals surface area contributed by atoms with Gasteiger partial charge in [0.25, 0.3) is 0 Å². The lowest BCUT2D eigenvalue weighted by atomic mass is 9.84. The van der Waals surface area contributed by atoms with Gasteiger partial charge in [-0.2, -0.15) is 11.8 Å². The van der Waals surface area contributed by atoms with E-state index in [9.17, 15) is 13.2 Å². The largest absolute Gasteiger partial charge is 0.573 e. The van der Waals surface area contributed by atoms with Crippen molar-refractivity contribution in [3.63, 3.8) is 0 Å². The maximum Gasteiger partial charge on any atom is 0.573 e. The van der Waals surface area contributed by atoms with Crippen LogP contribution in [0, 0.1) is 0 Å². The van der Waals surface area contributed by atoms with Crippen molar-refractivity contribution in [2.45, 2.75) is 30.4 Å². The summed E-state index contributed by atoms with van der Waals surface area (Å²) in [6.07, 6.45) is 2.03. The van der Waals surface area contributed by atoms with E-state index in [1.807, 2.05) is 11.8 Å². The molecule has 0 unspecified atom stereocenters. The summed E-state index contributed by atoms with van der Waals surface area (Å²) < 4.78 is 39.9. The third-order valence-electron chi connectivity index (χ3n) is 3.26. The Balaban J connectivity index is 1.88. The van der Waals surface area contributed by atoms with Crippen molar-refractivity contribution in [3.8, 4) is 5.75 Å². The second kappa shape index (κ2) is 5.48. The second-order valence-electron chi connectivity index (χ2n) is 4.52. The lowest BCUT2D eigenvalue weighted by Crippen LogP contribution is -2.40. The number of nitrogens with one attached hydrogen (secondary N) is 1. The number of alkyl halides is 3. The average Bonchev–Trinajstić information content (AvgIpc) is 2.28. The molecule has 0 atom stereocenters.